The number of ether oxygens (including phenoxy) is 1. The number of aromatic nitrogens is 2. The lowest BCUT2D eigenvalue weighted by molar-refractivity contribution is -0.0464. The average molecular weight is 360 g/mol. The Bertz CT molecular complexity index is 858. The maximum atomic E-state index is 12.8. The Labute approximate surface area is 151 Å². The molecule has 1 fully saturated rings. The lowest BCUT2D eigenvalue weighted by atomic mass is 10.1. The molecule has 0 aliphatic carbocycles. The van der Waals surface area contributed by atoms with Gasteiger partial charge in [0.15, 0.2) is 0 Å². The summed E-state index contributed by atoms with van der Waals surface area (Å²) >= 11 is 0. The first kappa shape index (κ1) is 18.6. The third kappa shape index (κ3) is 3.80. The largest absolute Gasteiger partial charge is 0.394 e. The Balaban J connectivity index is 1.81. The predicted octanol–water partition coefficient (Wildman–Crippen LogP) is 0.592. The van der Waals surface area contributed by atoms with Gasteiger partial charge in [0.2, 0.25) is 0 Å². The molecule has 7 heteroatoms. The zero-order chi connectivity index (χ0) is 18.7. The van der Waals surface area contributed by atoms with E-state index in [9.17, 15) is 19.8 Å². The van der Waals surface area contributed by atoms with Crippen molar-refractivity contribution < 1.29 is 14.9 Å². The van der Waals surface area contributed by atoms with Gasteiger partial charge in [-0.3, -0.25) is 13.9 Å². The molecule has 7 nitrogen and oxygen atoms in total. The van der Waals surface area contributed by atoms with Gasteiger partial charge in [-0.2, -0.15) is 0 Å². The molecule has 2 N–H and O–H groups in total. The van der Waals surface area contributed by atoms with Crippen molar-refractivity contribution in [3.63, 3.8) is 0 Å². The van der Waals surface area contributed by atoms with Crippen LogP contribution in [-0.2, 0) is 17.7 Å². The van der Waals surface area contributed by atoms with E-state index < -0.39 is 24.1 Å². The number of aliphatic hydroxyl groups is 2. The predicted molar refractivity (Wildman–Crippen MR) is 96.1 cm³/mol. The molecule has 1 aromatic heterocycles. The maximum absolute atomic E-state index is 12.8. The minimum Gasteiger partial charge on any atom is -0.394 e. The van der Waals surface area contributed by atoms with Gasteiger partial charge in [-0.1, -0.05) is 30.3 Å². The van der Waals surface area contributed by atoms with Gasteiger partial charge in [0.1, 0.15) is 12.3 Å². The van der Waals surface area contributed by atoms with Crippen LogP contribution >= 0.6 is 0 Å². The van der Waals surface area contributed by atoms with Crippen LogP contribution in [0.2, 0.25) is 0 Å². The molecule has 0 saturated carbocycles. The van der Waals surface area contributed by atoms with Crippen LogP contribution in [0, 0.1) is 6.92 Å². The van der Waals surface area contributed by atoms with E-state index in [-0.39, 0.29) is 18.6 Å². The van der Waals surface area contributed by atoms with Crippen molar-refractivity contribution in [3.05, 3.63) is 68.5 Å². The molecule has 1 aliphatic rings. The molecule has 0 radical (unpaired) electrons. The summed E-state index contributed by atoms with van der Waals surface area (Å²) in [7, 11) is 0. The second-order valence-electron chi connectivity index (χ2n) is 6.66. The molecule has 26 heavy (non-hydrogen) atoms. The van der Waals surface area contributed by atoms with Crippen LogP contribution in [0.5, 0.6) is 0 Å². The molecule has 0 unspecified atom stereocenters. The number of benzene rings is 1. The van der Waals surface area contributed by atoms with Crippen molar-refractivity contribution in [2.24, 2.45) is 0 Å². The molecular formula is C19H24N2O5. The highest BCUT2D eigenvalue weighted by atomic mass is 16.5. The van der Waals surface area contributed by atoms with E-state index >= 15 is 0 Å². The molecule has 140 valence electrons. The van der Waals surface area contributed by atoms with Gasteiger partial charge < -0.3 is 14.9 Å². The Morgan fingerprint density at radius 3 is 2.62 bits per heavy atom. The minimum atomic E-state index is -0.837. The summed E-state index contributed by atoms with van der Waals surface area (Å²) < 4.78 is 8.13. The zero-order valence-electron chi connectivity index (χ0n) is 14.7. The first-order valence-electron chi connectivity index (χ1n) is 8.82. The van der Waals surface area contributed by atoms with Crippen molar-refractivity contribution in [1.82, 2.24) is 9.13 Å². The van der Waals surface area contributed by atoms with E-state index in [1.807, 2.05) is 30.3 Å². The average Bonchev–Trinajstić information content (AvgIpc) is 3.02. The van der Waals surface area contributed by atoms with Crippen LogP contribution in [0.25, 0.3) is 0 Å². The third-order valence-corrected chi connectivity index (χ3v) is 4.75. The standard InChI is InChI=1S/C19H24N2O5/c1-13-11-21(17-10-15(23)16(12-22)26-17)19(25)20(18(13)24)9-5-8-14-6-3-2-4-7-14/h2-4,6-7,11,15-17,22-23H,5,8-10,12H2,1H3/t15-,16-,17+/m0/s1. The molecule has 1 saturated heterocycles. The van der Waals surface area contributed by atoms with Crippen LogP contribution < -0.4 is 11.2 Å². The van der Waals surface area contributed by atoms with Gasteiger partial charge in [0.25, 0.3) is 5.56 Å². The summed E-state index contributed by atoms with van der Waals surface area (Å²) in [6.45, 7) is 1.65. The Hall–Kier alpha value is -2.22. The first-order chi connectivity index (χ1) is 12.5. The van der Waals surface area contributed by atoms with Crippen molar-refractivity contribution in [3.8, 4) is 0 Å². The number of rotatable bonds is 6. The van der Waals surface area contributed by atoms with E-state index in [4.69, 9.17) is 4.74 Å². The summed E-state index contributed by atoms with van der Waals surface area (Å²) in [5, 5.41) is 19.1. The van der Waals surface area contributed by atoms with Gasteiger partial charge in [-0.05, 0) is 25.3 Å². The van der Waals surface area contributed by atoms with Crippen LogP contribution in [0.15, 0.2) is 46.1 Å². The Morgan fingerprint density at radius 2 is 1.96 bits per heavy atom. The lowest BCUT2D eigenvalue weighted by Gasteiger charge is -2.17. The number of aliphatic hydroxyl groups excluding tert-OH is 2. The van der Waals surface area contributed by atoms with Crippen LogP contribution in [0.4, 0.5) is 0 Å². The monoisotopic (exact) mass is 360 g/mol. The topological polar surface area (TPSA) is 93.7 Å². The maximum Gasteiger partial charge on any atom is 0.333 e. The van der Waals surface area contributed by atoms with Crippen molar-refractivity contribution in [1.29, 1.82) is 0 Å². The Morgan fingerprint density at radius 1 is 1.23 bits per heavy atom. The molecule has 1 aromatic carbocycles. The fraction of sp³-hybridized carbons (Fsp3) is 0.474. The van der Waals surface area contributed by atoms with E-state index in [2.05, 4.69) is 0 Å². The molecule has 3 atom stereocenters. The van der Waals surface area contributed by atoms with Gasteiger partial charge in [-0.15, -0.1) is 0 Å². The summed E-state index contributed by atoms with van der Waals surface area (Å²) in [5.41, 5.74) is 0.831. The molecule has 2 heterocycles. The Kier molecular flexibility index (Phi) is 5.70. The van der Waals surface area contributed by atoms with Crippen molar-refractivity contribution in [2.45, 2.75) is 51.2 Å². The summed E-state index contributed by atoms with van der Waals surface area (Å²) in [6.07, 6.45) is 0.861. The van der Waals surface area contributed by atoms with Gasteiger partial charge in [0.05, 0.1) is 12.7 Å². The highest BCUT2D eigenvalue weighted by Crippen LogP contribution is 2.27. The fourth-order valence-electron chi connectivity index (χ4n) is 3.30. The number of aryl methyl sites for hydroxylation is 2. The van der Waals surface area contributed by atoms with Crippen LogP contribution in [-0.4, -0.2) is 38.2 Å². The number of hydrogen-bond acceptors (Lipinski definition) is 5. The fourth-order valence-corrected chi connectivity index (χ4v) is 3.30. The highest BCUT2D eigenvalue weighted by molar-refractivity contribution is 5.14. The smallest absolute Gasteiger partial charge is 0.333 e. The minimum absolute atomic E-state index is 0.201. The molecular weight excluding hydrogens is 336 g/mol. The lowest BCUT2D eigenvalue weighted by Crippen LogP contribution is -2.42. The van der Waals surface area contributed by atoms with Crippen molar-refractivity contribution >= 4 is 0 Å². The molecule has 3 rings (SSSR count). The van der Waals surface area contributed by atoms with Gasteiger partial charge in [-0.25, -0.2) is 4.79 Å². The van der Waals surface area contributed by atoms with Crippen LogP contribution in [0.3, 0.4) is 0 Å². The summed E-state index contributed by atoms with van der Waals surface area (Å²) in [6, 6.07) is 9.89. The number of nitrogens with zero attached hydrogens (tertiary/aromatic N) is 2. The normalized spacial score (nSPS) is 22.7. The second-order valence-corrected chi connectivity index (χ2v) is 6.66. The summed E-state index contributed by atoms with van der Waals surface area (Å²) in [4.78, 5) is 25.2. The number of hydrogen-bond donors (Lipinski definition) is 2. The molecule has 0 spiro atoms. The molecule has 0 bridgehead atoms. The molecule has 1 aliphatic heterocycles. The molecule has 0 amide bonds. The summed E-state index contributed by atoms with van der Waals surface area (Å²) in [5.74, 6) is 0. The second kappa shape index (κ2) is 7.99. The van der Waals surface area contributed by atoms with E-state index in [0.717, 1.165) is 12.0 Å². The zero-order valence-corrected chi connectivity index (χ0v) is 14.7. The van der Waals surface area contributed by atoms with Gasteiger partial charge >= 0.3 is 5.69 Å². The molecule has 2 aromatic rings. The van der Waals surface area contributed by atoms with E-state index in [1.165, 1.54) is 15.3 Å². The van der Waals surface area contributed by atoms with E-state index in [0.29, 0.717) is 18.5 Å². The quantitative estimate of drug-likeness (QED) is 0.786. The third-order valence-electron chi connectivity index (χ3n) is 4.75. The van der Waals surface area contributed by atoms with Gasteiger partial charge in [0, 0.05) is 24.7 Å². The highest BCUT2D eigenvalue weighted by Gasteiger charge is 2.35. The van der Waals surface area contributed by atoms with E-state index in [1.54, 1.807) is 6.92 Å². The SMILES string of the molecule is Cc1cn([C@H]2C[C@H](O)[C@H](CO)O2)c(=O)n(CCCc2ccccc2)c1=O. The van der Waals surface area contributed by atoms with Crippen molar-refractivity contribution in [2.75, 3.05) is 6.61 Å². The van der Waals surface area contributed by atoms with Crippen LogP contribution in [0.1, 0.15) is 30.2 Å². The first-order valence-corrected chi connectivity index (χ1v) is 8.82.